The number of hydrogen-bond donors (Lipinski definition) is 1. The van der Waals surface area contributed by atoms with Crippen molar-refractivity contribution in [2.75, 3.05) is 0 Å². The summed E-state index contributed by atoms with van der Waals surface area (Å²) in [7, 11) is 0. The smallest absolute Gasteiger partial charge is 0.00178 e. The number of nitrogens with two attached hydrogens (primary N) is 1. The van der Waals surface area contributed by atoms with Crippen molar-refractivity contribution in [2.45, 2.75) is 0 Å². The van der Waals surface area contributed by atoms with Crippen LogP contribution in [0, 0.1) is 0 Å². The molecule has 29 heavy (non-hydrogen) atoms. The Morgan fingerprint density at radius 2 is 1.07 bits per heavy atom. The van der Waals surface area contributed by atoms with Crippen LogP contribution in [0.15, 0.2) is 109 Å². The van der Waals surface area contributed by atoms with Gasteiger partial charge in [0.25, 0.3) is 0 Å². The lowest BCUT2D eigenvalue weighted by molar-refractivity contribution is 1.51. The van der Waals surface area contributed by atoms with Crippen molar-refractivity contribution in [1.29, 1.82) is 0 Å². The normalized spacial score (nSPS) is 12.1. The molecule has 0 atom stereocenters. The highest BCUT2D eigenvalue weighted by Gasteiger charge is 2.02. The van der Waals surface area contributed by atoms with E-state index in [9.17, 15) is 0 Å². The van der Waals surface area contributed by atoms with Gasteiger partial charge in [-0.3, -0.25) is 0 Å². The maximum absolute atomic E-state index is 5.91. The summed E-state index contributed by atoms with van der Waals surface area (Å²) in [6.07, 6.45) is 3.72. The van der Waals surface area contributed by atoms with E-state index in [2.05, 4.69) is 91.5 Å². The van der Waals surface area contributed by atoms with Crippen LogP contribution in [0.4, 0.5) is 0 Å². The Balaban J connectivity index is 1.60. The molecule has 0 fully saturated rings. The minimum absolute atomic E-state index is 0.979. The van der Waals surface area contributed by atoms with E-state index >= 15 is 0 Å². The molecular weight excluding hydrogens is 350 g/mol. The van der Waals surface area contributed by atoms with Gasteiger partial charge in [0.05, 0.1) is 0 Å². The van der Waals surface area contributed by atoms with E-state index in [0.29, 0.717) is 0 Å². The zero-order valence-electron chi connectivity index (χ0n) is 16.3. The van der Waals surface area contributed by atoms with Crippen molar-refractivity contribution in [3.8, 4) is 22.3 Å². The van der Waals surface area contributed by atoms with Crippen LogP contribution in [0.3, 0.4) is 0 Å². The van der Waals surface area contributed by atoms with Gasteiger partial charge >= 0.3 is 0 Å². The molecule has 140 valence electrons. The van der Waals surface area contributed by atoms with Crippen molar-refractivity contribution < 1.29 is 0 Å². The molecule has 0 aliphatic carbocycles. The van der Waals surface area contributed by atoms with Gasteiger partial charge in [-0.1, -0.05) is 110 Å². The molecule has 0 heterocycles. The zero-order chi connectivity index (χ0) is 20.1. The van der Waals surface area contributed by atoms with Crippen molar-refractivity contribution in [1.82, 2.24) is 0 Å². The van der Waals surface area contributed by atoms with Gasteiger partial charge < -0.3 is 5.73 Å². The third-order valence-electron chi connectivity index (χ3n) is 5.09. The molecule has 0 aliphatic heterocycles. The second kappa shape index (κ2) is 8.45. The summed E-state index contributed by atoms with van der Waals surface area (Å²) in [4.78, 5) is 0. The summed E-state index contributed by atoms with van der Waals surface area (Å²) in [5, 5.41) is 2.06. The van der Waals surface area contributed by atoms with Crippen LogP contribution < -0.4 is 16.2 Å². The monoisotopic (exact) mass is 373 g/mol. The Kier molecular flexibility index (Phi) is 5.40. The topological polar surface area (TPSA) is 26.0 Å². The van der Waals surface area contributed by atoms with Gasteiger partial charge in [0, 0.05) is 6.20 Å². The second-order valence-corrected chi connectivity index (χ2v) is 6.99. The predicted molar refractivity (Wildman–Crippen MR) is 125 cm³/mol. The van der Waals surface area contributed by atoms with E-state index in [4.69, 9.17) is 5.73 Å². The molecule has 0 bridgehead atoms. The SMILES string of the molecule is C=c1cccc/c1=C/C(=C\N)c1ccc(-c2ccc(-c3ccccc3)cc2)cc1. The Hall–Kier alpha value is -3.84. The zero-order valence-corrected chi connectivity index (χ0v) is 16.3. The average molecular weight is 373 g/mol. The van der Waals surface area contributed by atoms with E-state index in [0.717, 1.165) is 21.6 Å². The first kappa shape index (κ1) is 18.5. The molecule has 0 amide bonds. The van der Waals surface area contributed by atoms with Crippen molar-refractivity contribution in [2.24, 2.45) is 5.73 Å². The Morgan fingerprint density at radius 1 is 0.586 bits per heavy atom. The van der Waals surface area contributed by atoms with Crippen molar-refractivity contribution >= 4 is 18.2 Å². The highest BCUT2D eigenvalue weighted by Crippen LogP contribution is 2.26. The van der Waals surface area contributed by atoms with Crippen molar-refractivity contribution in [3.63, 3.8) is 0 Å². The molecule has 0 aliphatic rings. The van der Waals surface area contributed by atoms with Gasteiger partial charge in [0.1, 0.15) is 0 Å². The standard InChI is InChI=1S/C28H23N/c1-21-7-5-6-10-27(21)19-28(20-29)26-17-15-25(16-18-26)24-13-11-23(12-14-24)22-8-3-2-4-9-22/h2-20H,1,29H2/b27-19-,28-20+. The van der Waals surface area contributed by atoms with E-state index in [1.165, 1.54) is 22.3 Å². The lowest BCUT2D eigenvalue weighted by Gasteiger charge is -2.07. The fraction of sp³-hybridized carbons (Fsp3) is 0. The van der Waals surface area contributed by atoms with Crippen LogP contribution >= 0.6 is 0 Å². The highest BCUT2D eigenvalue weighted by molar-refractivity contribution is 5.88. The molecule has 0 spiro atoms. The summed E-state index contributed by atoms with van der Waals surface area (Å²) in [6.45, 7) is 4.08. The third kappa shape index (κ3) is 4.20. The Morgan fingerprint density at radius 3 is 1.62 bits per heavy atom. The highest BCUT2D eigenvalue weighted by atomic mass is 14.5. The third-order valence-corrected chi connectivity index (χ3v) is 5.09. The first-order chi connectivity index (χ1) is 14.2. The quantitative estimate of drug-likeness (QED) is 0.522. The average Bonchev–Trinajstić information content (AvgIpc) is 2.79. The molecular formula is C28H23N. The van der Waals surface area contributed by atoms with Gasteiger partial charge in [0.2, 0.25) is 0 Å². The molecule has 0 saturated heterocycles. The summed E-state index contributed by atoms with van der Waals surface area (Å²) < 4.78 is 0. The van der Waals surface area contributed by atoms with Crippen LogP contribution in [-0.4, -0.2) is 0 Å². The number of hydrogen-bond acceptors (Lipinski definition) is 1. The lowest BCUT2D eigenvalue weighted by atomic mass is 9.98. The van der Waals surface area contributed by atoms with Crippen LogP contribution in [0.5, 0.6) is 0 Å². The fourth-order valence-corrected chi connectivity index (χ4v) is 3.41. The van der Waals surface area contributed by atoms with Gasteiger partial charge in [-0.15, -0.1) is 0 Å². The van der Waals surface area contributed by atoms with Crippen molar-refractivity contribution in [3.05, 3.63) is 125 Å². The van der Waals surface area contributed by atoms with Crippen LogP contribution in [0.2, 0.25) is 0 Å². The van der Waals surface area contributed by atoms with E-state index < -0.39 is 0 Å². The summed E-state index contributed by atoms with van der Waals surface area (Å²) >= 11 is 0. The molecule has 0 saturated carbocycles. The van der Waals surface area contributed by atoms with E-state index in [1.807, 2.05) is 24.3 Å². The first-order valence-electron chi connectivity index (χ1n) is 9.68. The molecule has 0 radical (unpaired) electrons. The minimum atomic E-state index is 0.979. The molecule has 4 rings (SSSR count). The van der Waals surface area contributed by atoms with E-state index in [1.54, 1.807) is 6.20 Å². The lowest BCUT2D eigenvalue weighted by Crippen LogP contribution is -2.21. The van der Waals surface area contributed by atoms with Crippen LogP contribution in [0.1, 0.15) is 5.56 Å². The molecule has 0 aromatic heterocycles. The van der Waals surface area contributed by atoms with Gasteiger partial charge in [-0.05, 0) is 49.9 Å². The first-order valence-corrected chi connectivity index (χ1v) is 9.68. The van der Waals surface area contributed by atoms with Gasteiger partial charge in [-0.2, -0.15) is 0 Å². The molecule has 4 aromatic rings. The number of allylic oxidation sites excluding steroid dienone is 1. The Labute approximate surface area is 171 Å². The summed E-state index contributed by atoms with van der Waals surface area (Å²) in [5.41, 5.74) is 12.8. The summed E-state index contributed by atoms with van der Waals surface area (Å²) in [5.74, 6) is 0. The Bertz CT molecular complexity index is 1230. The fourth-order valence-electron chi connectivity index (χ4n) is 3.41. The van der Waals surface area contributed by atoms with Gasteiger partial charge in [-0.25, -0.2) is 0 Å². The predicted octanol–water partition coefficient (Wildman–Crippen LogP) is 5.21. The number of rotatable bonds is 4. The molecule has 1 heteroatoms. The van der Waals surface area contributed by atoms with E-state index in [-0.39, 0.29) is 0 Å². The molecule has 4 aromatic carbocycles. The maximum Gasteiger partial charge on any atom is 0.00178 e. The molecule has 1 nitrogen and oxygen atoms in total. The minimum Gasteiger partial charge on any atom is -0.404 e. The molecule has 2 N–H and O–H groups in total. The van der Waals surface area contributed by atoms with Crippen LogP contribution in [0.25, 0.3) is 40.5 Å². The van der Waals surface area contributed by atoms with Crippen LogP contribution in [-0.2, 0) is 0 Å². The molecule has 0 unspecified atom stereocenters. The summed E-state index contributed by atoms with van der Waals surface area (Å²) in [6, 6.07) is 35.7. The second-order valence-electron chi connectivity index (χ2n) is 6.99. The maximum atomic E-state index is 5.91. The largest absolute Gasteiger partial charge is 0.404 e. The van der Waals surface area contributed by atoms with Gasteiger partial charge in [0.15, 0.2) is 0 Å². The number of benzene rings is 4.